The smallest absolute Gasteiger partial charge is 0.311 e. The number of hydrogen-bond acceptors (Lipinski definition) is 3. The molecule has 1 aromatic carbocycles. The second-order valence-electron chi connectivity index (χ2n) is 4.08. The van der Waals surface area contributed by atoms with E-state index in [9.17, 15) is 9.90 Å². The van der Waals surface area contributed by atoms with Gasteiger partial charge in [-0.2, -0.15) is 0 Å². The van der Waals surface area contributed by atoms with E-state index in [0.29, 0.717) is 11.3 Å². The van der Waals surface area contributed by atoms with Crippen molar-refractivity contribution < 1.29 is 19.7 Å². The van der Waals surface area contributed by atoms with Crippen LogP contribution in [0.4, 0.5) is 0 Å². The lowest BCUT2D eigenvalue weighted by Crippen LogP contribution is -2.14. The van der Waals surface area contributed by atoms with Crippen molar-refractivity contribution in [3.05, 3.63) is 28.8 Å². The highest BCUT2D eigenvalue weighted by molar-refractivity contribution is 5.77. The molecule has 0 aliphatic carbocycles. The van der Waals surface area contributed by atoms with E-state index in [1.54, 1.807) is 0 Å². The first-order valence-corrected chi connectivity index (χ1v) is 5.50. The van der Waals surface area contributed by atoms with E-state index in [0.717, 1.165) is 11.1 Å². The van der Waals surface area contributed by atoms with E-state index in [-0.39, 0.29) is 13.0 Å². The zero-order valence-corrected chi connectivity index (χ0v) is 10.4. The molecule has 0 aliphatic rings. The summed E-state index contributed by atoms with van der Waals surface area (Å²) >= 11 is 0. The summed E-state index contributed by atoms with van der Waals surface area (Å²) in [5.41, 5.74) is 2.70. The molecule has 1 rings (SSSR count). The molecule has 1 atom stereocenters. The number of aryl methyl sites for hydroxylation is 2. The van der Waals surface area contributed by atoms with Gasteiger partial charge in [0, 0.05) is 12.2 Å². The topological polar surface area (TPSA) is 66.8 Å². The van der Waals surface area contributed by atoms with Crippen LogP contribution in [0.1, 0.15) is 29.0 Å². The molecule has 0 aromatic heterocycles. The second-order valence-corrected chi connectivity index (χ2v) is 4.08. The molecule has 2 N–H and O–H groups in total. The molecule has 0 spiro atoms. The number of aliphatic carboxylic acids is 1. The largest absolute Gasteiger partial charge is 0.496 e. The summed E-state index contributed by atoms with van der Waals surface area (Å²) in [4.78, 5) is 11.2. The number of ether oxygens (including phenoxy) is 1. The van der Waals surface area contributed by atoms with E-state index in [1.807, 2.05) is 26.0 Å². The lowest BCUT2D eigenvalue weighted by atomic mass is 9.92. The predicted molar refractivity (Wildman–Crippen MR) is 64.5 cm³/mol. The van der Waals surface area contributed by atoms with E-state index in [1.165, 1.54) is 7.11 Å². The first-order valence-electron chi connectivity index (χ1n) is 5.50. The van der Waals surface area contributed by atoms with E-state index in [4.69, 9.17) is 9.84 Å². The molecular weight excluding hydrogens is 220 g/mol. The number of aliphatic hydroxyl groups is 1. The molecule has 4 nitrogen and oxygen atoms in total. The van der Waals surface area contributed by atoms with Gasteiger partial charge in [0.25, 0.3) is 0 Å². The van der Waals surface area contributed by atoms with Gasteiger partial charge in [-0.1, -0.05) is 6.07 Å². The summed E-state index contributed by atoms with van der Waals surface area (Å²) in [6, 6.07) is 3.65. The van der Waals surface area contributed by atoms with E-state index >= 15 is 0 Å². The molecule has 0 heterocycles. The Morgan fingerprint density at radius 3 is 2.41 bits per heavy atom. The Balaban J connectivity index is 3.25. The van der Waals surface area contributed by atoms with Gasteiger partial charge in [0.05, 0.1) is 13.0 Å². The Bertz CT molecular complexity index is 412. The number of methoxy groups -OCH3 is 1. The zero-order chi connectivity index (χ0) is 13.0. The fourth-order valence-corrected chi connectivity index (χ4v) is 1.80. The number of rotatable bonds is 5. The maximum absolute atomic E-state index is 11.2. The van der Waals surface area contributed by atoms with Crippen LogP contribution in [-0.4, -0.2) is 29.9 Å². The standard InChI is InChI=1S/C13H18O4/c1-8-6-11(10(4-5-14)13(15)16)12(17-3)7-9(8)2/h6-7,10,14H,4-5H2,1-3H3,(H,15,16). The van der Waals surface area contributed by atoms with Crippen LogP contribution in [-0.2, 0) is 4.79 Å². The molecule has 17 heavy (non-hydrogen) atoms. The van der Waals surface area contributed by atoms with Crippen LogP contribution in [0.5, 0.6) is 5.75 Å². The van der Waals surface area contributed by atoms with Crippen LogP contribution in [0.2, 0.25) is 0 Å². The highest BCUT2D eigenvalue weighted by Crippen LogP contribution is 2.31. The molecule has 0 fully saturated rings. The second kappa shape index (κ2) is 5.68. The molecule has 1 aromatic rings. The van der Waals surface area contributed by atoms with Crippen molar-refractivity contribution in [2.45, 2.75) is 26.2 Å². The van der Waals surface area contributed by atoms with E-state index in [2.05, 4.69) is 0 Å². The van der Waals surface area contributed by atoms with Crippen molar-refractivity contribution in [2.75, 3.05) is 13.7 Å². The molecule has 0 radical (unpaired) electrons. The third kappa shape index (κ3) is 2.97. The minimum absolute atomic E-state index is 0.160. The number of carbonyl (C=O) groups is 1. The third-order valence-corrected chi connectivity index (χ3v) is 2.94. The molecule has 0 amide bonds. The van der Waals surface area contributed by atoms with Gasteiger partial charge in [0.1, 0.15) is 5.75 Å². The highest BCUT2D eigenvalue weighted by atomic mass is 16.5. The van der Waals surface area contributed by atoms with Gasteiger partial charge in [-0.25, -0.2) is 0 Å². The zero-order valence-electron chi connectivity index (χ0n) is 10.4. The van der Waals surface area contributed by atoms with Crippen LogP contribution in [0.25, 0.3) is 0 Å². The summed E-state index contributed by atoms with van der Waals surface area (Å²) in [5.74, 6) is -1.11. The summed E-state index contributed by atoms with van der Waals surface area (Å²) in [5, 5.41) is 18.1. The van der Waals surface area contributed by atoms with Gasteiger partial charge >= 0.3 is 5.97 Å². The number of hydrogen-bond donors (Lipinski definition) is 2. The van der Waals surface area contributed by atoms with Crippen molar-refractivity contribution in [2.24, 2.45) is 0 Å². The lowest BCUT2D eigenvalue weighted by Gasteiger charge is -2.17. The maximum Gasteiger partial charge on any atom is 0.311 e. The molecule has 4 heteroatoms. The first-order chi connectivity index (χ1) is 8.01. The Morgan fingerprint density at radius 2 is 1.94 bits per heavy atom. The van der Waals surface area contributed by atoms with Crippen molar-refractivity contribution >= 4 is 5.97 Å². The van der Waals surface area contributed by atoms with Crippen LogP contribution < -0.4 is 4.74 Å². The summed E-state index contributed by atoms with van der Waals surface area (Å²) in [6.07, 6.45) is 0.189. The molecule has 1 unspecified atom stereocenters. The van der Waals surface area contributed by atoms with Gasteiger partial charge in [-0.3, -0.25) is 4.79 Å². The van der Waals surface area contributed by atoms with Crippen LogP contribution >= 0.6 is 0 Å². The SMILES string of the molecule is COc1cc(C)c(C)cc1C(CCO)C(=O)O. The van der Waals surface area contributed by atoms with Gasteiger partial charge < -0.3 is 14.9 Å². The Labute approximate surface area is 101 Å². The van der Waals surface area contributed by atoms with Gasteiger partial charge in [-0.05, 0) is 37.5 Å². The molecule has 0 saturated heterocycles. The van der Waals surface area contributed by atoms with Crippen LogP contribution in [0.3, 0.4) is 0 Å². The summed E-state index contributed by atoms with van der Waals surface area (Å²) in [7, 11) is 1.52. The third-order valence-electron chi connectivity index (χ3n) is 2.94. The number of benzene rings is 1. The van der Waals surface area contributed by atoms with Crippen molar-refractivity contribution in [3.63, 3.8) is 0 Å². The molecular formula is C13H18O4. The monoisotopic (exact) mass is 238 g/mol. The molecule has 94 valence electrons. The highest BCUT2D eigenvalue weighted by Gasteiger charge is 2.23. The Morgan fingerprint density at radius 1 is 1.35 bits per heavy atom. The Hall–Kier alpha value is -1.55. The van der Waals surface area contributed by atoms with E-state index < -0.39 is 11.9 Å². The average Bonchev–Trinajstić information content (AvgIpc) is 2.29. The van der Waals surface area contributed by atoms with Gasteiger partial charge in [-0.15, -0.1) is 0 Å². The minimum atomic E-state index is -0.944. The lowest BCUT2D eigenvalue weighted by molar-refractivity contribution is -0.139. The fraction of sp³-hybridized carbons (Fsp3) is 0.462. The molecule has 0 aliphatic heterocycles. The maximum atomic E-state index is 11.2. The number of aliphatic hydroxyl groups excluding tert-OH is 1. The quantitative estimate of drug-likeness (QED) is 0.821. The summed E-state index contributed by atoms with van der Waals surface area (Å²) in [6.45, 7) is 3.71. The first kappa shape index (κ1) is 13.5. The molecule has 0 bridgehead atoms. The normalized spacial score (nSPS) is 12.2. The van der Waals surface area contributed by atoms with Crippen LogP contribution in [0.15, 0.2) is 12.1 Å². The van der Waals surface area contributed by atoms with Gasteiger partial charge in [0.15, 0.2) is 0 Å². The molecule has 0 saturated carbocycles. The number of carboxylic acids is 1. The average molecular weight is 238 g/mol. The summed E-state index contributed by atoms with van der Waals surface area (Å²) < 4.78 is 5.21. The van der Waals surface area contributed by atoms with Crippen molar-refractivity contribution in [1.29, 1.82) is 0 Å². The Kier molecular flexibility index (Phi) is 4.52. The van der Waals surface area contributed by atoms with Crippen molar-refractivity contribution in [1.82, 2.24) is 0 Å². The fourth-order valence-electron chi connectivity index (χ4n) is 1.80. The van der Waals surface area contributed by atoms with Crippen molar-refractivity contribution in [3.8, 4) is 5.75 Å². The van der Waals surface area contributed by atoms with Gasteiger partial charge in [0.2, 0.25) is 0 Å². The minimum Gasteiger partial charge on any atom is -0.496 e. The number of carboxylic acid groups (broad SMARTS) is 1. The van der Waals surface area contributed by atoms with Crippen LogP contribution in [0, 0.1) is 13.8 Å². The predicted octanol–water partition coefficient (Wildman–Crippen LogP) is 1.86.